The minimum Gasteiger partial charge on any atom is -0.456 e. The zero-order chi connectivity index (χ0) is 57.9. The fraction of sp³-hybridized carbons (Fsp3) is 0.373. The van der Waals surface area contributed by atoms with E-state index in [1.807, 2.05) is 142 Å². The summed E-state index contributed by atoms with van der Waals surface area (Å²) in [7, 11) is 8.23. The standard InChI is InChI=1S/C19H19N4.C18H16N3O.C18H16N3S.6C2H6/c1-11-14-9-15-13-7-5-6-8-17(13)21(3)18(15)10-16(14)19-22(4)20-12(2)23(11)19;2*1-10-13-8-14-12-6-4-5-7-16(12)22-17(14)9-15(13)18-20(3)19-11(2)21(10)18;6*1-2/h5-11H,1-4H3;2*4-10H,1-3H3;6*1-2H3/q3*+1;;;;;;. The van der Waals surface area contributed by atoms with Crippen LogP contribution in [0.3, 0.4) is 0 Å². The lowest BCUT2D eigenvalue weighted by Crippen LogP contribution is -2.37. The molecule has 6 aromatic carbocycles. The van der Waals surface area contributed by atoms with Crippen LogP contribution in [0.25, 0.3) is 98.1 Å². The highest BCUT2D eigenvalue weighted by Crippen LogP contribution is 2.44. The van der Waals surface area contributed by atoms with E-state index in [2.05, 4.69) is 179 Å². The molecule has 6 aromatic heterocycles. The maximum absolute atomic E-state index is 6.04. The van der Waals surface area contributed by atoms with E-state index in [9.17, 15) is 0 Å². The molecule has 3 atom stereocenters. The molecule has 79 heavy (non-hydrogen) atoms. The number of rotatable bonds is 0. The van der Waals surface area contributed by atoms with Crippen LogP contribution >= 0.6 is 11.3 Å². The molecular weight excluding hydrogens is 993 g/mol. The van der Waals surface area contributed by atoms with Crippen molar-refractivity contribution in [3.05, 3.63) is 143 Å². The maximum Gasteiger partial charge on any atom is 0.275 e. The lowest BCUT2D eigenvalue weighted by Gasteiger charge is -2.05. The van der Waals surface area contributed by atoms with Crippen LogP contribution < -0.4 is 13.7 Å². The monoisotopic (exact) mass is 1080 g/mol. The maximum atomic E-state index is 6.04. The van der Waals surface area contributed by atoms with Gasteiger partial charge >= 0.3 is 0 Å². The van der Waals surface area contributed by atoms with Crippen LogP contribution in [0.5, 0.6) is 0 Å². The largest absolute Gasteiger partial charge is 0.456 e. The van der Waals surface area contributed by atoms with Crippen molar-refractivity contribution in [2.45, 2.75) is 143 Å². The van der Waals surface area contributed by atoms with Crippen LogP contribution in [-0.4, -0.2) is 33.9 Å². The second-order valence-electron chi connectivity index (χ2n) is 18.7. The summed E-state index contributed by atoms with van der Waals surface area (Å²) in [6.45, 7) is 37.0. The van der Waals surface area contributed by atoms with Crippen molar-refractivity contribution in [3.8, 4) is 34.2 Å². The van der Waals surface area contributed by atoms with Gasteiger partial charge in [-0.15, -0.1) is 25.4 Å². The SMILES string of the molecule is CC.CC.CC.CC.CC.CC.Cc1nn(C)c2[n+]1C(C)c1cc3c(cc1-2)oc1ccccc13.Cc1nn(C)c2[n+]1C(C)c1cc3c(cc1-2)sc1ccccc13.Cc1nn(C)c2[n+]1C(C)c1cc3c4ccccc4n(C)c3cc1-2. The average Bonchev–Trinajstić information content (AvgIpc) is 4.58. The smallest absolute Gasteiger partial charge is 0.275 e. The number of aromatic nitrogens is 10. The van der Waals surface area contributed by atoms with Gasteiger partial charge in [0.1, 0.15) is 29.3 Å². The van der Waals surface area contributed by atoms with E-state index in [4.69, 9.17) is 4.42 Å². The Hall–Kier alpha value is -7.44. The fourth-order valence-corrected chi connectivity index (χ4v) is 13.1. The predicted octanol–water partition coefficient (Wildman–Crippen LogP) is 16.9. The van der Waals surface area contributed by atoms with E-state index in [1.165, 1.54) is 97.8 Å². The number of hydrogen-bond donors (Lipinski definition) is 0. The minimum absolute atomic E-state index is 0.303. The van der Waals surface area contributed by atoms with Crippen molar-refractivity contribution >= 4 is 75.3 Å². The van der Waals surface area contributed by atoms with Gasteiger partial charge in [0.25, 0.3) is 34.9 Å². The van der Waals surface area contributed by atoms with Crippen LogP contribution in [0.15, 0.2) is 114 Å². The summed E-state index contributed by atoms with van der Waals surface area (Å²) >= 11 is 1.88. The van der Waals surface area contributed by atoms with Crippen molar-refractivity contribution in [1.82, 2.24) is 33.9 Å². The average molecular weight is 1080 g/mol. The highest BCUT2D eigenvalue weighted by molar-refractivity contribution is 7.25. The lowest BCUT2D eigenvalue weighted by atomic mass is 10.0. The summed E-state index contributed by atoms with van der Waals surface area (Å²) in [6, 6.07) is 40.4. The molecule has 15 rings (SSSR count). The third-order valence-electron chi connectivity index (χ3n) is 15.0. The van der Waals surface area contributed by atoms with Crippen LogP contribution in [-0.2, 0) is 28.2 Å². The van der Waals surface area contributed by atoms with E-state index in [0.717, 1.165) is 34.5 Å². The summed E-state index contributed by atoms with van der Waals surface area (Å²) in [5, 5.41) is 21.5. The topological polar surface area (TPSA) is 83.2 Å². The van der Waals surface area contributed by atoms with Crippen molar-refractivity contribution in [3.63, 3.8) is 0 Å². The predicted molar refractivity (Wildman–Crippen MR) is 334 cm³/mol. The minimum atomic E-state index is 0.303. The van der Waals surface area contributed by atoms with Gasteiger partial charge in [-0.25, -0.2) is 13.7 Å². The van der Waals surface area contributed by atoms with Crippen LogP contribution in [0, 0.1) is 20.8 Å². The second-order valence-corrected chi connectivity index (χ2v) is 19.8. The van der Waals surface area contributed by atoms with Gasteiger partial charge in [0.05, 0.1) is 37.8 Å². The zero-order valence-electron chi connectivity index (χ0n) is 51.4. The molecule has 0 saturated carbocycles. The molecular formula is C67H87N10OS+3. The molecule has 12 heteroatoms. The summed E-state index contributed by atoms with van der Waals surface area (Å²) < 4.78 is 24.0. The first-order chi connectivity index (χ1) is 38.4. The van der Waals surface area contributed by atoms with Gasteiger partial charge in [0, 0.05) is 113 Å². The summed E-state index contributed by atoms with van der Waals surface area (Å²) in [6.07, 6.45) is 0. The highest BCUT2D eigenvalue weighted by atomic mass is 32.1. The van der Waals surface area contributed by atoms with E-state index in [0.29, 0.717) is 18.1 Å². The van der Waals surface area contributed by atoms with Gasteiger partial charge in [-0.2, -0.15) is 0 Å². The van der Waals surface area contributed by atoms with Gasteiger partial charge in [0.2, 0.25) is 0 Å². The van der Waals surface area contributed by atoms with Crippen molar-refractivity contribution in [2.24, 2.45) is 28.2 Å². The molecule has 414 valence electrons. The second kappa shape index (κ2) is 24.7. The van der Waals surface area contributed by atoms with Gasteiger partial charge in [0.15, 0.2) is 0 Å². The molecule has 0 bridgehead atoms. The fourth-order valence-electron chi connectivity index (χ4n) is 12.0. The van der Waals surface area contributed by atoms with E-state index >= 15 is 0 Å². The third kappa shape index (κ3) is 9.63. The van der Waals surface area contributed by atoms with Crippen LogP contribution in [0.2, 0.25) is 0 Å². The summed E-state index contributed by atoms with van der Waals surface area (Å²) in [5.41, 5.74) is 12.5. The number of para-hydroxylation sites is 2. The normalized spacial score (nSPS) is 14.3. The molecule has 3 aliphatic rings. The molecule has 0 fully saturated rings. The number of thiophene rings is 1. The molecule has 3 aliphatic heterocycles. The third-order valence-corrected chi connectivity index (χ3v) is 16.1. The number of fused-ring (bicyclic) bond motifs is 18. The Labute approximate surface area is 473 Å². The number of aryl methyl sites for hydroxylation is 7. The number of hydrogen-bond acceptors (Lipinski definition) is 5. The zero-order valence-corrected chi connectivity index (χ0v) is 52.2. The van der Waals surface area contributed by atoms with Crippen molar-refractivity contribution < 1.29 is 18.1 Å². The molecule has 3 unspecified atom stereocenters. The lowest BCUT2D eigenvalue weighted by molar-refractivity contribution is -0.701. The Morgan fingerprint density at radius 3 is 1.32 bits per heavy atom. The van der Waals surface area contributed by atoms with Crippen LogP contribution in [0.4, 0.5) is 0 Å². The first-order valence-corrected chi connectivity index (χ1v) is 30.0. The number of furan rings is 1. The summed E-state index contributed by atoms with van der Waals surface area (Å²) in [5.74, 6) is 6.77. The van der Waals surface area contributed by atoms with Gasteiger partial charge < -0.3 is 8.98 Å². The first-order valence-electron chi connectivity index (χ1n) is 29.2. The molecule has 0 N–H and O–H groups in total. The van der Waals surface area contributed by atoms with Crippen molar-refractivity contribution in [1.29, 1.82) is 0 Å². The Bertz CT molecular complexity index is 3920. The van der Waals surface area contributed by atoms with E-state index in [1.54, 1.807) is 0 Å². The van der Waals surface area contributed by atoms with E-state index in [-0.39, 0.29) is 0 Å². The van der Waals surface area contributed by atoms with Gasteiger partial charge in [-0.1, -0.05) is 138 Å². The quantitative estimate of drug-likeness (QED) is 0.142. The van der Waals surface area contributed by atoms with E-state index < -0.39 is 0 Å². The number of benzene rings is 6. The van der Waals surface area contributed by atoms with Gasteiger partial charge in [-0.05, 0) is 75.4 Å². The Morgan fingerprint density at radius 2 is 0.797 bits per heavy atom. The van der Waals surface area contributed by atoms with Crippen LogP contribution in [0.1, 0.15) is 156 Å². The Morgan fingerprint density at radius 1 is 0.392 bits per heavy atom. The van der Waals surface area contributed by atoms with Gasteiger partial charge in [-0.3, -0.25) is 0 Å². The van der Waals surface area contributed by atoms with Crippen molar-refractivity contribution in [2.75, 3.05) is 0 Å². The number of nitrogens with zero attached hydrogens (tertiary/aromatic N) is 10. The molecule has 9 heterocycles. The molecule has 0 amide bonds. The Balaban J connectivity index is 0.000000156. The molecule has 0 saturated heterocycles. The molecule has 12 aromatic rings. The molecule has 0 spiro atoms. The Kier molecular flexibility index (Phi) is 18.5. The molecule has 11 nitrogen and oxygen atoms in total. The summed E-state index contributed by atoms with van der Waals surface area (Å²) in [4.78, 5) is 0. The molecule has 0 aliphatic carbocycles. The first kappa shape index (κ1) is 59.2. The highest BCUT2D eigenvalue weighted by Gasteiger charge is 2.40. The molecule has 0 radical (unpaired) electrons.